The van der Waals surface area contributed by atoms with E-state index in [2.05, 4.69) is 34.6 Å². The van der Waals surface area contributed by atoms with E-state index in [1.807, 2.05) is 30.5 Å². The van der Waals surface area contributed by atoms with Crippen LogP contribution >= 0.6 is 11.3 Å². The normalized spacial score (nSPS) is 13.0. The first kappa shape index (κ1) is 17.7. The van der Waals surface area contributed by atoms with Gasteiger partial charge in [-0.2, -0.15) is 0 Å². The topological polar surface area (TPSA) is 51.2 Å². The number of hydrogen-bond acceptors (Lipinski definition) is 4. The quantitative estimate of drug-likeness (QED) is 0.680. The number of benzene rings is 2. The van der Waals surface area contributed by atoms with Gasteiger partial charge in [0.2, 0.25) is 0 Å². The van der Waals surface area contributed by atoms with Gasteiger partial charge >= 0.3 is 0 Å². The molecule has 0 aliphatic heterocycles. The number of ether oxygens (including phenoxy) is 1. The van der Waals surface area contributed by atoms with E-state index in [1.54, 1.807) is 0 Å². The van der Waals surface area contributed by atoms with Crippen molar-refractivity contribution in [1.82, 2.24) is 4.98 Å². The minimum absolute atomic E-state index is 0.00755. The van der Waals surface area contributed by atoms with E-state index in [1.165, 1.54) is 40.9 Å². The molecule has 1 aromatic heterocycles. The number of thiazole rings is 1. The molecule has 4 rings (SSSR count). The van der Waals surface area contributed by atoms with Gasteiger partial charge in [0, 0.05) is 17.5 Å². The van der Waals surface area contributed by atoms with E-state index < -0.39 is 0 Å². The molecule has 0 saturated heterocycles. The van der Waals surface area contributed by atoms with E-state index in [9.17, 15) is 4.79 Å². The fourth-order valence-electron chi connectivity index (χ4n) is 3.35. The van der Waals surface area contributed by atoms with Gasteiger partial charge in [0.05, 0.1) is 0 Å². The molecule has 0 atom stereocenters. The molecule has 0 unspecified atom stereocenters. The van der Waals surface area contributed by atoms with Crippen molar-refractivity contribution >= 4 is 22.4 Å². The first-order chi connectivity index (χ1) is 13.3. The Kier molecular flexibility index (Phi) is 5.49. The van der Waals surface area contributed by atoms with Crippen molar-refractivity contribution in [2.24, 2.45) is 0 Å². The van der Waals surface area contributed by atoms with E-state index >= 15 is 0 Å². The summed E-state index contributed by atoms with van der Waals surface area (Å²) >= 11 is 1.50. The van der Waals surface area contributed by atoms with Gasteiger partial charge in [-0.05, 0) is 54.5 Å². The molecule has 0 saturated carbocycles. The second-order valence-corrected chi connectivity index (χ2v) is 7.88. The summed E-state index contributed by atoms with van der Waals surface area (Å²) in [6.07, 6.45) is 7.37. The molecule has 0 fully saturated rings. The molecule has 138 valence electrons. The van der Waals surface area contributed by atoms with Gasteiger partial charge in [-0.25, -0.2) is 4.98 Å². The third kappa shape index (κ3) is 4.74. The zero-order chi connectivity index (χ0) is 18.5. The summed E-state index contributed by atoms with van der Waals surface area (Å²) in [7, 11) is 0. The molecule has 1 N–H and O–H groups in total. The highest BCUT2D eigenvalue weighted by molar-refractivity contribution is 7.15. The number of fused-ring (bicyclic) bond motifs is 1. The van der Waals surface area contributed by atoms with Gasteiger partial charge < -0.3 is 4.74 Å². The number of amides is 1. The van der Waals surface area contributed by atoms with Crippen LogP contribution in [0.3, 0.4) is 0 Å². The van der Waals surface area contributed by atoms with Crippen molar-refractivity contribution in [2.45, 2.75) is 32.1 Å². The molecule has 2 aromatic carbocycles. The van der Waals surface area contributed by atoms with Crippen LogP contribution in [-0.2, 0) is 24.1 Å². The number of carbonyl (C=O) groups is 1. The van der Waals surface area contributed by atoms with Crippen LogP contribution in [0.15, 0.2) is 54.7 Å². The molecule has 1 amide bonds. The average molecular weight is 378 g/mol. The Bertz CT molecular complexity index is 921. The smallest absolute Gasteiger partial charge is 0.264 e. The molecule has 1 aliphatic rings. The highest BCUT2D eigenvalue weighted by Gasteiger charge is 2.12. The predicted octanol–water partition coefficient (Wildman–Crippen LogP) is 4.63. The number of hydrogen-bond donors (Lipinski definition) is 1. The molecule has 5 heteroatoms. The summed E-state index contributed by atoms with van der Waals surface area (Å²) in [6, 6.07) is 16.4. The monoisotopic (exact) mass is 378 g/mol. The minimum Gasteiger partial charge on any atom is -0.484 e. The summed E-state index contributed by atoms with van der Waals surface area (Å²) < 4.78 is 5.67. The van der Waals surface area contributed by atoms with E-state index in [0.717, 1.165) is 29.9 Å². The van der Waals surface area contributed by atoms with Crippen molar-refractivity contribution in [3.63, 3.8) is 0 Å². The zero-order valence-electron chi connectivity index (χ0n) is 15.1. The molecule has 4 nitrogen and oxygen atoms in total. The van der Waals surface area contributed by atoms with Crippen LogP contribution in [0.25, 0.3) is 0 Å². The van der Waals surface area contributed by atoms with Gasteiger partial charge in [-0.15, -0.1) is 11.3 Å². The highest BCUT2D eigenvalue weighted by atomic mass is 32.1. The highest BCUT2D eigenvalue weighted by Crippen LogP contribution is 2.25. The number of aryl methyl sites for hydroxylation is 2. The Labute approximate surface area is 163 Å². The van der Waals surface area contributed by atoms with Crippen molar-refractivity contribution in [2.75, 3.05) is 11.9 Å². The largest absolute Gasteiger partial charge is 0.484 e. The number of carbonyl (C=O) groups excluding carboxylic acids is 1. The lowest BCUT2D eigenvalue weighted by Crippen LogP contribution is -2.20. The van der Waals surface area contributed by atoms with E-state index in [4.69, 9.17) is 4.74 Å². The lowest BCUT2D eigenvalue weighted by molar-refractivity contribution is -0.118. The second-order valence-electron chi connectivity index (χ2n) is 6.77. The molecule has 27 heavy (non-hydrogen) atoms. The first-order valence-corrected chi connectivity index (χ1v) is 10.1. The Morgan fingerprint density at radius 2 is 1.89 bits per heavy atom. The number of nitrogens with zero attached hydrogens (tertiary/aromatic N) is 1. The van der Waals surface area contributed by atoms with Crippen LogP contribution < -0.4 is 10.1 Å². The summed E-state index contributed by atoms with van der Waals surface area (Å²) in [5.74, 6) is 0.572. The second kappa shape index (κ2) is 8.35. The number of rotatable bonds is 6. The lowest BCUT2D eigenvalue weighted by Gasteiger charge is -2.16. The molecule has 3 aromatic rings. The summed E-state index contributed by atoms with van der Waals surface area (Å²) in [5.41, 5.74) is 3.99. The van der Waals surface area contributed by atoms with Crippen LogP contribution in [0.1, 0.15) is 34.4 Å². The number of aromatic nitrogens is 1. The lowest BCUT2D eigenvalue weighted by atomic mass is 9.92. The average Bonchev–Trinajstić information content (AvgIpc) is 3.13. The van der Waals surface area contributed by atoms with Crippen LogP contribution in [0.5, 0.6) is 5.75 Å². The predicted molar refractivity (Wildman–Crippen MR) is 109 cm³/mol. The van der Waals surface area contributed by atoms with Crippen molar-refractivity contribution in [1.29, 1.82) is 0 Å². The van der Waals surface area contributed by atoms with Crippen LogP contribution in [-0.4, -0.2) is 17.5 Å². The zero-order valence-corrected chi connectivity index (χ0v) is 15.9. The molecular formula is C22H22N2O2S. The summed E-state index contributed by atoms with van der Waals surface area (Å²) in [4.78, 5) is 17.6. The Morgan fingerprint density at radius 1 is 1.07 bits per heavy atom. The van der Waals surface area contributed by atoms with E-state index in [-0.39, 0.29) is 12.5 Å². The Hall–Kier alpha value is -2.66. The third-order valence-electron chi connectivity index (χ3n) is 4.71. The van der Waals surface area contributed by atoms with E-state index in [0.29, 0.717) is 5.13 Å². The summed E-state index contributed by atoms with van der Waals surface area (Å²) in [5, 5.41) is 3.44. The van der Waals surface area contributed by atoms with Crippen molar-refractivity contribution < 1.29 is 9.53 Å². The number of nitrogens with one attached hydrogen (secondary N) is 1. The van der Waals surface area contributed by atoms with Gasteiger partial charge in [-0.3, -0.25) is 10.1 Å². The fourth-order valence-corrected chi connectivity index (χ4v) is 4.21. The SMILES string of the molecule is O=C(COc1ccc2c(c1)CCCC2)Nc1ncc(Cc2ccccc2)s1. The van der Waals surface area contributed by atoms with Crippen molar-refractivity contribution in [3.8, 4) is 5.75 Å². The third-order valence-corrected chi connectivity index (χ3v) is 5.62. The number of anilines is 1. The van der Waals surface area contributed by atoms with Gasteiger partial charge in [0.15, 0.2) is 11.7 Å². The Morgan fingerprint density at radius 3 is 2.74 bits per heavy atom. The van der Waals surface area contributed by atoms with Crippen LogP contribution in [0, 0.1) is 0 Å². The first-order valence-electron chi connectivity index (χ1n) is 9.29. The molecule has 0 radical (unpaired) electrons. The standard InChI is InChI=1S/C22H22N2O2S/c25-21(15-26-19-11-10-17-8-4-5-9-18(17)13-19)24-22-23-14-20(27-22)12-16-6-2-1-3-7-16/h1-3,6-7,10-11,13-14H,4-5,8-9,12,15H2,(H,23,24,25). The van der Waals surface area contributed by atoms with Crippen molar-refractivity contribution in [3.05, 3.63) is 76.3 Å². The minimum atomic E-state index is -0.187. The molecule has 0 bridgehead atoms. The molecule has 1 heterocycles. The maximum atomic E-state index is 12.2. The Balaban J connectivity index is 1.29. The molecular weight excluding hydrogens is 356 g/mol. The van der Waals surface area contributed by atoms with Gasteiger partial charge in [0.25, 0.3) is 5.91 Å². The maximum absolute atomic E-state index is 12.2. The van der Waals surface area contributed by atoms with Gasteiger partial charge in [0.1, 0.15) is 5.75 Å². The summed E-state index contributed by atoms with van der Waals surface area (Å²) in [6.45, 7) is -0.00755. The molecule has 0 spiro atoms. The van der Waals surface area contributed by atoms with Crippen LogP contribution in [0.4, 0.5) is 5.13 Å². The molecule has 1 aliphatic carbocycles. The van der Waals surface area contributed by atoms with Gasteiger partial charge in [-0.1, -0.05) is 36.4 Å². The van der Waals surface area contributed by atoms with Crippen LogP contribution in [0.2, 0.25) is 0 Å². The fraction of sp³-hybridized carbons (Fsp3) is 0.273. The maximum Gasteiger partial charge on any atom is 0.264 e.